The number of hydrogen-bond donors (Lipinski definition) is 1. The quantitative estimate of drug-likeness (QED) is 0.789. The van der Waals surface area contributed by atoms with Crippen molar-refractivity contribution in [3.8, 4) is 11.5 Å². The van der Waals surface area contributed by atoms with Crippen LogP contribution in [0, 0.1) is 5.92 Å². The lowest BCUT2D eigenvalue weighted by Gasteiger charge is -2.31. The monoisotopic (exact) mass is 370 g/mol. The molecule has 0 aliphatic carbocycles. The van der Waals surface area contributed by atoms with E-state index in [0.717, 1.165) is 12.8 Å². The third-order valence-corrected chi connectivity index (χ3v) is 4.42. The van der Waals surface area contributed by atoms with Crippen molar-refractivity contribution < 1.29 is 23.8 Å². The molecule has 8 heteroatoms. The Morgan fingerprint density at radius 1 is 1.28 bits per heavy atom. The van der Waals surface area contributed by atoms with Crippen LogP contribution in [0.25, 0.3) is 0 Å². The highest BCUT2D eigenvalue weighted by molar-refractivity contribution is 6.32. The van der Waals surface area contributed by atoms with Crippen molar-refractivity contribution in [1.29, 1.82) is 0 Å². The van der Waals surface area contributed by atoms with Gasteiger partial charge in [-0.15, -0.1) is 0 Å². The smallest absolute Gasteiger partial charge is 0.255 e. The van der Waals surface area contributed by atoms with Crippen LogP contribution in [-0.4, -0.2) is 57.2 Å². The van der Waals surface area contributed by atoms with Gasteiger partial charge in [0.1, 0.15) is 0 Å². The molecule has 0 aromatic heterocycles. The fourth-order valence-electron chi connectivity index (χ4n) is 2.85. The summed E-state index contributed by atoms with van der Waals surface area (Å²) in [5.74, 6) is 0.219. The number of primary amides is 1. The minimum Gasteiger partial charge on any atom is -0.493 e. The van der Waals surface area contributed by atoms with Gasteiger partial charge in [0.2, 0.25) is 0 Å². The summed E-state index contributed by atoms with van der Waals surface area (Å²) >= 11 is 6.20. The summed E-state index contributed by atoms with van der Waals surface area (Å²) in [4.78, 5) is 25.4. The minimum absolute atomic E-state index is 0.113. The van der Waals surface area contributed by atoms with Crippen LogP contribution in [0.2, 0.25) is 5.02 Å². The molecule has 2 rings (SSSR count). The van der Waals surface area contributed by atoms with E-state index >= 15 is 0 Å². The highest BCUT2D eigenvalue weighted by Gasteiger charge is 2.25. The number of piperidine rings is 1. The van der Waals surface area contributed by atoms with Gasteiger partial charge in [0.25, 0.3) is 11.8 Å². The zero-order chi connectivity index (χ0) is 18.4. The number of methoxy groups -OCH3 is 2. The van der Waals surface area contributed by atoms with Gasteiger partial charge in [-0.1, -0.05) is 11.6 Å². The fraction of sp³-hybridized carbons (Fsp3) is 0.529. The Labute approximate surface area is 152 Å². The molecule has 2 amide bonds. The Bertz CT molecular complexity index is 630. The second kappa shape index (κ2) is 8.92. The van der Waals surface area contributed by atoms with Gasteiger partial charge in [-0.05, 0) is 30.9 Å². The van der Waals surface area contributed by atoms with E-state index in [1.807, 2.05) is 0 Å². The van der Waals surface area contributed by atoms with Crippen LogP contribution in [0.4, 0.5) is 0 Å². The number of nitrogens with two attached hydrogens (primary N) is 1. The summed E-state index contributed by atoms with van der Waals surface area (Å²) in [6.45, 7) is 1.74. The largest absolute Gasteiger partial charge is 0.493 e. The number of ether oxygens (including phenoxy) is 3. The summed E-state index contributed by atoms with van der Waals surface area (Å²) in [7, 11) is 3.13. The Morgan fingerprint density at radius 3 is 2.52 bits per heavy atom. The van der Waals surface area contributed by atoms with Gasteiger partial charge < -0.3 is 24.8 Å². The van der Waals surface area contributed by atoms with Crippen LogP contribution in [0.5, 0.6) is 11.5 Å². The molecular weight excluding hydrogens is 348 g/mol. The van der Waals surface area contributed by atoms with Crippen LogP contribution >= 0.6 is 11.6 Å². The highest BCUT2D eigenvalue weighted by Crippen LogP contribution is 2.37. The summed E-state index contributed by atoms with van der Waals surface area (Å²) in [6, 6.07) is 3.08. The number of likely N-dealkylation sites (tertiary alicyclic amines) is 1. The average Bonchev–Trinajstić information content (AvgIpc) is 2.60. The Balaban J connectivity index is 2.12. The molecule has 0 spiro atoms. The third kappa shape index (κ3) is 4.99. The molecule has 1 aliphatic rings. The van der Waals surface area contributed by atoms with Crippen molar-refractivity contribution in [3.63, 3.8) is 0 Å². The summed E-state index contributed by atoms with van der Waals surface area (Å²) < 4.78 is 15.7. The van der Waals surface area contributed by atoms with Gasteiger partial charge in [0.15, 0.2) is 18.1 Å². The van der Waals surface area contributed by atoms with E-state index in [0.29, 0.717) is 31.2 Å². The molecule has 1 aromatic rings. The van der Waals surface area contributed by atoms with E-state index in [9.17, 15) is 9.59 Å². The van der Waals surface area contributed by atoms with Crippen molar-refractivity contribution in [1.82, 2.24) is 4.90 Å². The highest BCUT2D eigenvalue weighted by atomic mass is 35.5. The zero-order valence-corrected chi connectivity index (χ0v) is 15.2. The molecule has 1 aliphatic heterocycles. The summed E-state index contributed by atoms with van der Waals surface area (Å²) in [6.07, 6.45) is 1.81. The van der Waals surface area contributed by atoms with Gasteiger partial charge in [-0.3, -0.25) is 9.59 Å². The maximum Gasteiger partial charge on any atom is 0.255 e. The number of carbonyl (C=O) groups excluding carboxylic acids is 2. The van der Waals surface area contributed by atoms with Gasteiger partial charge in [-0.25, -0.2) is 0 Å². The van der Waals surface area contributed by atoms with Gasteiger partial charge in [-0.2, -0.15) is 0 Å². The van der Waals surface area contributed by atoms with Crippen LogP contribution in [0.1, 0.15) is 23.2 Å². The molecule has 2 N–H and O–H groups in total. The minimum atomic E-state index is -0.628. The van der Waals surface area contributed by atoms with E-state index in [2.05, 4.69) is 0 Å². The Hall–Kier alpha value is -1.99. The van der Waals surface area contributed by atoms with Gasteiger partial charge in [0, 0.05) is 32.4 Å². The van der Waals surface area contributed by atoms with Crippen LogP contribution in [0.15, 0.2) is 12.1 Å². The van der Waals surface area contributed by atoms with Crippen molar-refractivity contribution in [3.05, 3.63) is 22.7 Å². The zero-order valence-electron chi connectivity index (χ0n) is 14.4. The second-order valence-corrected chi connectivity index (χ2v) is 6.34. The van der Waals surface area contributed by atoms with Gasteiger partial charge >= 0.3 is 0 Å². The summed E-state index contributed by atoms with van der Waals surface area (Å²) in [5, 5.41) is 0.193. The molecule has 0 radical (unpaired) electrons. The van der Waals surface area contributed by atoms with Crippen LogP contribution in [-0.2, 0) is 9.53 Å². The molecular formula is C17H23ClN2O5. The number of benzene rings is 1. The number of halogens is 1. The fourth-order valence-corrected chi connectivity index (χ4v) is 3.11. The van der Waals surface area contributed by atoms with Gasteiger partial charge in [0.05, 0.1) is 12.1 Å². The average molecular weight is 371 g/mol. The maximum absolute atomic E-state index is 12.7. The van der Waals surface area contributed by atoms with E-state index in [-0.39, 0.29) is 29.0 Å². The first kappa shape index (κ1) is 19.3. The number of rotatable bonds is 7. The molecule has 0 unspecified atom stereocenters. The lowest BCUT2D eigenvalue weighted by atomic mass is 9.97. The molecule has 0 bridgehead atoms. The second-order valence-electron chi connectivity index (χ2n) is 5.94. The molecule has 7 nitrogen and oxygen atoms in total. The molecule has 0 saturated carbocycles. The number of nitrogens with zero attached hydrogens (tertiary/aromatic N) is 1. The van der Waals surface area contributed by atoms with Crippen LogP contribution in [0.3, 0.4) is 0 Å². The first-order valence-electron chi connectivity index (χ1n) is 8.03. The standard InChI is InChI=1S/C17H23ClN2O5/c1-23-9-11-3-5-20(6-4-11)17(22)12-7-13(18)16(14(8-12)24-2)25-10-15(19)21/h7-8,11H,3-6,9-10H2,1-2H3,(H2,19,21). The topological polar surface area (TPSA) is 91.1 Å². The van der Waals surface area contributed by atoms with E-state index in [1.165, 1.54) is 13.2 Å². The first-order chi connectivity index (χ1) is 12.0. The number of hydrogen-bond acceptors (Lipinski definition) is 5. The molecule has 0 atom stereocenters. The van der Waals surface area contributed by atoms with Crippen molar-refractivity contribution >= 4 is 23.4 Å². The molecule has 1 aromatic carbocycles. The Kier molecular flexibility index (Phi) is 6.90. The predicted octanol–water partition coefficient (Wildman–Crippen LogP) is 1.71. The molecule has 1 saturated heterocycles. The lowest BCUT2D eigenvalue weighted by molar-refractivity contribution is -0.119. The Morgan fingerprint density at radius 2 is 1.96 bits per heavy atom. The van der Waals surface area contributed by atoms with E-state index in [4.69, 9.17) is 31.5 Å². The lowest BCUT2D eigenvalue weighted by Crippen LogP contribution is -2.39. The van der Waals surface area contributed by atoms with Crippen molar-refractivity contribution in [2.75, 3.05) is 40.5 Å². The first-order valence-corrected chi connectivity index (χ1v) is 8.41. The molecule has 1 fully saturated rings. The SMILES string of the molecule is COCC1CCN(C(=O)c2cc(Cl)c(OCC(N)=O)c(OC)c2)CC1. The number of amides is 2. The summed E-state index contributed by atoms with van der Waals surface area (Å²) in [5.41, 5.74) is 5.49. The number of carbonyl (C=O) groups is 2. The molecule has 138 valence electrons. The van der Waals surface area contributed by atoms with Crippen LogP contribution < -0.4 is 15.2 Å². The van der Waals surface area contributed by atoms with E-state index in [1.54, 1.807) is 18.1 Å². The molecule has 25 heavy (non-hydrogen) atoms. The van der Waals surface area contributed by atoms with Crippen molar-refractivity contribution in [2.45, 2.75) is 12.8 Å². The molecule has 1 heterocycles. The van der Waals surface area contributed by atoms with Crippen molar-refractivity contribution in [2.24, 2.45) is 11.7 Å². The van der Waals surface area contributed by atoms with E-state index < -0.39 is 5.91 Å². The maximum atomic E-state index is 12.7. The normalized spacial score (nSPS) is 15.1. The third-order valence-electron chi connectivity index (χ3n) is 4.14. The predicted molar refractivity (Wildman–Crippen MR) is 93.2 cm³/mol.